The number of carboxylic acids is 1. The summed E-state index contributed by atoms with van der Waals surface area (Å²) in [5, 5.41) is 12.5. The maximum Gasteiger partial charge on any atom is 0.339 e. The molecular weight excluding hydrogens is 268 g/mol. The minimum atomic E-state index is -0.981. The Bertz CT molecular complexity index is 638. The molecule has 1 unspecified atom stereocenters. The van der Waals surface area contributed by atoms with Gasteiger partial charge < -0.3 is 15.2 Å². The fourth-order valence-corrected chi connectivity index (χ4v) is 2.12. The van der Waals surface area contributed by atoms with Gasteiger partial charge in [0.05, 0.1) is 7.11 Å². The number of methoxy groups -OCH3 is 1. The molecular formula is C16H18N2O3. The van der Waals surface area contributed by atoms with E-state index in [0.29, 0.717) is 11.4 Å². The Morgan fingerprint density at radius 2 is 1.95 bits per heavy atom. The van der Waals surface area contributed by atoms with Gasteiger partial charge in [-0.25, -0.2) is 9.78 Å². The van der Waals surface area contributed by atoms with E-state index in [9.17, 15) is 9.90 Å². The van der Waals surface area contributed by atoms with Gasteiger partial charge in [-0.2, -0.15) is 0 Å². The van der Waals surface area contributed by atoms with Crippen LogP contribution in [0.1, 0.15) is 34.5 Å². The Hall–Kier alpha value is -2.56. The second-order valence-corrected chi connectivity index (χ2v) is 4.80. The minimum absolute atomic E-state index is 0.0664. The molecule has 0 aliphatic rings. The molecule has 2 rings (SSSR count). The first-order chi connectivity index (χ1) is 10.0. The molecule has 0 spiro atoms. The highest BCUT2D eigenvalue weighted by atomic mass is 16.5. The average molecular weight is 286 g/mol. The summed E-state index contributed by atoms with van der Waals surface area (Å²) in [6, 6.07) is 9.24. The van der Waals surface area contributed by atoms with Crippen LogP contribution in [-0.4, -0.2) is 23.2 Å². The number of nitrogens with one attached hydrogen (secondary N) is 1. The van der Waals surface area contributed by atoms with Crippen LogP contribution in [0, 0.1) is 6.92 Å². The van der Waals surface area contributed by atoms with Crippen LogP contribution >= 0.6 is 0 Å². The van der Waals surface area contributed by atoms with Gasteiger partial charge in [-0.15, -0.1) is 0 Å². The molecule has 1 atom stereocenters. The molecule has 0 bridgehead atoms. The van der Waals surface area contributed by atoms with E-state index in [1.807, 2.05) is 31.2 Å². The minimum Gasteiger partial charge on any atom is -0.497 e. The number of anilines is 1. The second-order valence-electron chi connectivity index (χ2n) is 4.80. The standard InChI is InChI=1S/C16H18N2O3/c1-10-8-9-17-15(14(10)16(19)20)18-11(2)12-4-6-13(21-3)7-5-12/h4-9,11H,1-3H3,(H,17,18)(H,19,20). The molecule has 2 N–H and O–H groups in total. The summed E-state index contributed by atoms with van der Waals surface area (Å²) in [6.45, 7) is 3.71. The highest BCUT2D eigenvalue weighted by Crippen LogP contribution is 2.24. The van der Waals surface area contributed by atoms with Crippen molar-refractivity contribution in [3.63, 3.8) is 0 Å². The number of carboxylic acid groups (broad SMARTS) is 1. The first-order valence-electron chi connectivity index (χ1n) is 6.62. The van der Waals surface area contributed by atoms with Gasteiger partial charge in [0, 0.05) is 12.2 Å². The molecule has 5 nitrogen and oxygen atoms in total. The summed E-state index contributed by atoms with van der Waals surface area (Å²) in [5.41, 5.74) is 1.91. The summed E-state index contributed by atoms with van der Waals surface area (Å²) >= 11 is 0. The normalized spacial score (nSPS) is 11.8. The molecule has 0 saturated heterocycles. The number of rotatable bonds is 5. The maximum atomic E-state index is 11.3. The summed E-state index contributed by atoms with van der Waals surface area (Å²) in [5.74, 6) is 0.182. The Kier molecular flexibility index (Phi) is 4.42. The third-order valence-electron chi connectivity index (χ3n) is 3.34. The van der Waals surface area contributed by atoms with E-state index in [0.717, 1.165) is 11.3 Å². The van der Waals surface area contributed by atoms with Gasteiger partial charge >= 0.3 is 5.97 Å². The number of ether oxygens (including phenoxy) is 1. The van der Waals surface area contributed by atoms with Gasteiger partial charge in [0.1, 0.15) is 17.1 Å². The molecule has 1 heterocycles. The van der Waals surface area contributed by atoms with Crippen LogP contribution in [0.2, 0.25) is 0 Å². The number of hydrogen-bond donors (Lipinski definition) is 2. The number of nitrogens with zero attached hydrogens (tertiary/aromatic N) is 1. The zero-order chi connectivity index (χ0) is 15.4. The Labute approximate surface area is 123 Å². The molecule has 0 fully saturated rings. The number of aromatic carboxylic acids is 1. The van der Waals surface area contributed by atoms with E-state index < -0.39 is 5.97 Å². The molecule has 21 heavy (non-hydrogen) atoms. The largest absolute Gasteiger partial charge is 0.497 e. The number of benzene rings is 1. The fraction of sp³-hybridized carbons (Fsp3) is 0.250. The fourth-order valence-electron chi connectivity index (χ4n) is 2.12. The lowest BCUT2D eigenvalue weighted by Crippen LogP contribution is -2.13. The maximum absolute atomic E-state index is 11.3. The number of carbonyl (C=O) groups is 1. The Morgan fingerprint density at radius 1 is 1.29 bits per heavy atom. The lowest BCUT2D eigenvalue weighted by molar-refractivity contribution is 0.0696. The number of aryl methyl sites for hydroxylation is 1. The number of hydrogen-bond acceptors (Lipinski definition) is 4. The quantitative estimate of drug-likeness (QED) is 0.882. The molecule has 0 aliphatic heterocycles. The van der Waals surface area contributed by atoms with Crippen LogP contribution < -0.4 is 10.1 Å². The predicted molar refractivity (Wildman–Crippen MR) is 81.0 cm³/mol. The van der Waals surface area contributed by atoms with Crippen molar-refractivity contribution in [2.24, 2.45) is 0 Å². The molecule has 2 aromatic rings. The van der Waals surface area contributed by atoms with Crippen LogP contribution in [0.25, 0.3) is 0 Å². The van der Waals surface area contributed by atoms with Gasteiger partial charge in [0.15, 0.2) is 0 Å². The van der Waals surface area contributed by atoms with Gasteiger partial charge in [-0.1, -0.05) is 12.1 Å². The average Bonchev–Trinajstić information content (AvgIpc) is 2.47. The van der Waals surface area contributed by atoms with Crippen molar-refractivity contribution in [3.05, 3.63) is 53.2 Å². The van der Waals surface area contributed by atoms with Crippen LogP contribution in [-0.2, 0) is 0 Å². The van der Waals surface area contributed by atoms with E-state index in [1.54, 1.807) is 26.3 Å². The summed E-state index contributed by atoms with van der Waals surface area (Å²) in [4.78, 5) is 15.5. The molecule has 1 aromatic heterocycles. The molecule has 5 heteroatoms. The van der Waals surface area contributed by atoms with Crippen LogP contribution in [0.3, 0.4) is 0 Å². The SMILES string of the molecule is COc1ccc(C(C)Nc2nccc(C)c2C(=O)O)cc1. The molecule has 1 aromatic carbocycles. The summed E-state index contributed by atoms with van der Waals surface area (Å²) in [7, 11) is 1.62. The smallest absolute Gasteiger partial charge is 0.339 e. The number of pyridine rings is 1. The van der Waals surface area contributed by atoms with Gasteiger partial charge in [-0.05, 0) is 43.2 Å². The first kappa shape index (κ1) is 14.8. The molecule has 0 radical (unpaired) electrons. The lowest BCUT2D eigenvalue weighted by Gasteiger charge is -2.17. The van der Waals surface area contributed by atoms with E-state index in [2.05, 4.69) is 10.3 Å². The third-order valence-corrected chi connectivity index (χ3v) is 3.34. The van der Waals surface area contributed by atoms with Gasteiger partial charge in [0.25, 0.3) is 0 Å². The lowest BCUT2D eigenvalue weighted by atomic mass is 10.1. The first-order valence-corrected chi connectivity index (χ1v) is 6.62. The van der Waals surface area contributed by atoms with E-state index in [1.165, 1.54) is 0 Å². The highest BCUT2D eigenvalue weighted by Gasteiger charge is 2.16. The predicted octanol–water partition coefficient (Wildman–Crippen LogP) is 3.27. The van der Waals surface area contributed by atoms with E-state index >= 15 is 0 Å². The molecule has 0 aliphatic carbocycles. The monoisotopic (exact) mass is 286 g/mol. The second kappa shape index (κ2) is 6.26. The van der Waals surface area contributed by atoms with E-state index in [-0.39, 0.29) is 11.6 Å². The summed E-state index contributed by atoms with van der Waals surface area (Å²) < 4.78 is 5.12. The van der Waals surface area contributed by atoms with Crippen molar-refractivity contribution in [1.82, 2.24) is 4.98 Å². The van der Waals surface area contributed by atoms with Crippen LogP contribution in [0.15, 0.2) is 36.5 Å². The van der Waals surface area contributed by atoms with Crippen molar-refractivity contribution in [3.8, 4) is 5.75 Å². The Morgan fingerprint density at radius 3 is 2.52 bits per heavy atom. The van der Waals surface area contributed by atoms with Crippen molar-refractivity contribution in [2.45, 2.75) is 19.9 Å². The zero-order valence-corrected chi connectivity index (χ0v) is 12.3. The van der Waals surface area contributed by atoms with E-state index in [4.69, 9.17) is 4.74 Å². The van der Waals surface area contributed by atoms with Crippen molar-refractivity contribution < 1.29 is 14.6 Å². The number of aromatic nitrogens is 1. The van der Waals surface area contributed by atoms with Crippen molar-refractivity contribution >= 4 is 11.8 Å². The van der Waals surface area contributed by atoms with Crippen molar-refractivity contribution in [2.75, 3.05) is 12.4 Å². The van der Waals surface area contributed by atoms with Gasteiger partial charge in [0.2, 0.25) is 0 Å². The molecule has 0 saturated carbocycles. The van der Waals surface area contributed by atoms with Gasteiger partial charge in [-0.3, -0.25) is 0 Å². The molecule has 110 valence electrons. The van der Waals surface area contributed by atoms with Crippen LogP contribution in [0.5, 0.6) is 5.75 Å². The third kappa shape index (κ3) is 3.31. The highest BCUT2D eigenvalue weighted by molar-refractivity contribution is 5.94. The Balaban J connectivity index is 2.24. The zero-order valence-electron chi connectivity index (χ0n) is 12.3. The molecule has 0 amide bonds. The topological polar surface area (TPSA) is 71.5 Å². The van der Waals surface area contributed by atoms with Crippen molar-refractivity contribution in [1.29, 1.82) is 0 Å². The summed E-state index contributed by atoms with van der Waals surface area (Å²) in [6.07, 6.45) is 1.60. The van der Waals surface area contributed by atoms with Crippen LogP contribution in [0.4, 0.5) is 5.82 Å².